The lowest BCUT2D eigenvalue weighted by atomic mass is 10.2. The minimum atomic E-state index is -1.10. The van der Waals surface area contributed by atoms with Gasteiger partial charge < -0.3 is 9.84 Å². The van der Waals surface area contributed by atoms with Crippen LogP contribution in [0.3, 0.4) is 0 Å². The number of ether oxygens (including phenoxy) is 1. The SMILES string of the molecule is O=C(O)c1cn(COCc2ccccc2)nn1. The van der Waals surface area contributed by atoms with E-state index in [1.165, 1.54) is 10.9 Å². The van der Waals surface area contributed by atoms with Crippen LogP contribution in [0.15, 0.2) is 36.5 Å². The first-order valence-corrected chi connectivity index (χ1v) is 5.01. The molecular formula is C11H11N3O3. The van der Waals surface area contributed by atoms with Gasteiger partial charge in [-0.2, -0.15) is 0 Å². The van der Waals surface area contributed by atoms with Crippen molar-refractivity contribution in [2.24, 2.45) is 0 Å². The number of carbonyl (C=O) groups is 1. The summed E-state index contributed by atoms with van der Waals surface area (Å²) in [6.45, 7) is 0.623. The molecule has 88 valence electrons. The van der Waals surface area contributed by atoms with E-state index < -0.39 is 5.97 Å². The quantitative estimate of drug-likeness (QED) is 0.838. The maximum absolute atomic E-state index is 10.6. The summed E-state index contributed by atoms with van der Waals surface area (Å²) in [7, 11) is 0. The molecule has 6 nitrogen and oxygen atoms in total. The Morgan fingerprint density at radius 2 is 2.12 bits per heavy atom. The molecule has 0 aliphatic heterocycles. The molecule has 0 saturated carbocycles. The Labute approximate surface area is 97.4 Å². The minimum Gasteiger partial charge on any atom is -0.476 e. The van der Waals surface area contributed by atoms with E-state index >= 15 is 0 Å². The topological polar surface area (TPSA) is 77.2 Å². The zero-order chi connectivity index (χ0) is 12.1. The lowest BCUT2D eigenvalue weighted by Gasteiger charge is -2.03. The van der Waals surface area contributed by atoms with Gasteiger partial charge in [-0.3, -0.25) is 0 Å². The normalized spacial score (nSPS) is 10.4. The van der Waals surface area contributed by atoms with Gasteiger partial charge in [0.2, 0.25) is 0 Å². The van der Waals surface area contributed by atoms with E-state index in [4.69, 9.17) is 9.84 Å². The number of aromatic carboxylic acids is 1. The maximum atomic E-state index is 10.6. The highest BCUT2D eigenvalue weighted by atomic mass is 16.5. The van der Waals surface area contributed by atoms with Gasteiger partial charge in [-0.1, -0.05) is 35.5 Å². The molecule has 0 fully saturated rings. The number of aromatic nitrogens is 3. The average Bonchev–Trinajstić information content (AvgIpc) is 2.79. The van der Waals surface area contributed by atoms with Crippen LogP contribution >= 0.6 is 0 Å². The summed E-state index contributed by atoms with van der Waals surface area (Å²) < 4.78 is 6.71. The smallest absolute Gasteiger partial charge is 0.358 e. The zero-order valence-corrected chi connectivity index (χ0v) is 8.98. The summed E-state index contributed by atoms with van der Waals surface area (Å²) in [5.41, 5.74) is 0.958. The first-order chi connectivity index (χ1) is 8.25. The van der Waals surface area contributed by atoms with Gasteiger partial charge in [0.1, 0.15) is 6.73 Å². The molecule has 0 aliphatic carbocycles. The number of hydrogen-bond donors (Lipinski definition) is 1. The molecule has 1 heterocycles. The highest BCUT2D eigenvalue weighted by Gasteiger charge is 2.07. The monoisotopic (exact) mass is 233 g/mol. The van der Waals surface area contributed by atoms with Crippen LogP contribution in [0.4, 0.5) is 0 Å². The number of nitrogens with zero attached hydrogens (tertiary/aromatic N) is 3. The van der Waals surface area contributed by atoms with Gasteiger partial charge in [0.25, 0.3) is 0 Å². The fraction of sp³-hybridized carbons (Fsp3) is 0.182. The van der Waals surface area contributed by atoms with E-state index in [0.717, 1.165) is 5.56 Å². The molecule has 1 aromatic carbocycles. The van der Waals surface area contributed by atoms with Crippen molar-refractivity contribution in [3.8, 4) is 0 Å². The lowest BCUT2D eigenvalue weighted by molar-refractivity contribution is 0.0548. The lowest BCUT2D eigenvalue weighted by Crippen LogP contribution is -2.03. The van der Waals surface area contributed by atoms with Crippen LogP contribution in [0.2, 0.25) is 0 Å². The van der Waals surface area contributed by atoms with E-state index in [1.807, 2.05) is 30.3 Å². The van der Waals surface area contributed by atoms with E-state index in [1.54, 1.807) is 0 Å². The summed E-state index contributed by atoms with van der Waals surface area (Å²) in [4.78, 5) is 10.6. The van der Waals surface area contributed by atoms with Crippen LogP contribution < -0.4 is 0 Å². The summed E-state index contributed by atoms with van der Waals surface area (Å²) in [6, 6.07) is 9.68. The van der Waals surface area contributed by atoms with Gasteiger partial charge in [-0.05, 0) is 5.56 Å². The van der Waals surface area contributed by atoms with Crippen LogP contribution in [0.25, 0.3) is 0 Å². The first kappa shape index (κ1) is 11.3. The number of carboxylic acids is 1. The third-order valence-corrected chi connectivity index (χ3v) is 2.09. The van der Waals surface area contributed by atoms with E-state index in [2.05, 4.69) is 10.3 Å². The molecule has 0 atom stereocenters. The molecule has 0 bridgehead atoms. The van der Waals surface area contributed by atoms with Crippen molar-refractivity contribution in [2.45, 2.75) is 13.3 Å². The highest BCUT2D eigenvalue weighted by Crippen LogP contribution is 2.01. The van der Waals surface area contributed by atoms with Gasteiger partial charge in [0.15, 0.2) is 5.69 Å². The fourth-order valence-electron chi connectivity index (χ4n) is 1.29. The summed E-state index contributed by atoms with van der Waals surface area (Å²) >= 11 is 0. The van der Waals surface area contributed by atoms with Gasteiger partial charge in [0.05, 0.1) is 12.8 Å². The van der Waals surface area contributed by atoms with Gasteiger partial charge in [0, 0.05) is 0 Å². The van der Waals surface area contributed by atoms with Crippen molar-refractivity contribution in [3.05, 3.63) is 47.8 Å². The molecule has 0 saturated heterocycles. The molecule has 0 aliphatic rings. The Bertz CT molecular complexity index is 496. The number of benzene rings is 1. The summed E-state index contributed by atoms with van der Waals surface area (Å²) in [5, 5.41) is 15.7. The Morgan fingerprint density at radius 3 is 2.76 bits per heavy atom. The van der Waals surface area contributed by atoms with Crippen molar-refractivity contribution < 1.29 is 14.6 Å². The largest absolute Gasteiger partial charge is 0.476 e. The second-order valence-corrected chi connectivity index (χ2v) is 3.41. The predicted octanol–water partition coefficient (Wildman–Crippen LogP) is 1.15. The molecule has 6 heteroatoms. The predicted molar refractivity (Wildman–Crippen MR) is 58.2 cm³/mol. The third kappa shape index (κ3) is 3.12. The van der Waals surface area contributed by atoms with Crippen molar-refractivity contribution in [1.82, 2.24) is 15.0 Å². The van der Waals surface area contributed by atoms with Crippen LogP contribution in [-0.2, 0) is 18.1 Å². The molecule has 2 rings (SSSR count). The minimum absolute atomic E-state index is 0.0895. The summed E-state index contributed by atoms with van der Waals surface area (Å²) in [5.74, 6) is -1.10. The van der Waals surface area contributed by atoms with Crippen LogP contribution in [0, 0.1) is 0 Å². The van der Waals surface area contributed by atoms with Gasteiger partial charge in [-0.15, -0.1) is 5.10 Å². The summed E-state index contributed by atoms with van der Waals surface area (Å²) in [6.07, 6.45) is 1.33. The maximum Gasteiger partial charge on any atom is 0.358 e. The molecular weight excluding hydrogens is 222 g/mol. The van der Waals surface area contributed by atoms with Crippen molar-refractivity contribution in [1.29, 1.82) is 0 Å². The number of rotatable bonds is 5. The molecule has 0 unspecified atom stereocenters. The molecule has 2 aromatic rings. The van der Waals surface area contributed by atoms with Gasteiger partial charge in [-0.25, -0.2) is 9.48 Å². The molecule has 17 heavy (non-hydrogen) atoms. The third-order valence-electron chi connectivity index (χ3n) is 2.09. The van der Waals surface area contributed by atoms with Crippen LogP contribution in [-0.4, -0.2) is 26.1 Å². The van der Waals surface area contributed by atoms with Crippen LogP contribution in [0.5, 0.6) is 0 Å². The Morgan fingerprint density at radius 1 is 1.35 bits per heavy atom. The molecule has 0 spiro atoms. The molecule has 0 radical (unpaired) electrons. The Balaban J connectivity index is 1.84. The molecule has 0 amide bonds. The Kier molecular flexibility index (Phi) is 3.46. The highest BCUT2D eigenvalue weighted by molar-refractivity contribution is 5.84. The van der Waals surface area contributed by atoms with E-state index in [0.29, 0.717) is 6.61 Å². The zero-order valence-electron chi connectivity index (χ0n) is 8.98. The molecule has 1 N–H and O–H groups in total. The molecule has 1 aromatic heterocycles. The van der Waals surface area contributed by atoms with Gasteiger partial charge >= 0.3 is 5.97 Å². The average molecular weight is 233 g/mol. The second-order valence-electron chi connectivity index (χ2n) is 3.41. The van der Waals surface area contributed by atoms with Crippen molar-refractivity contribution in [2.75, 3.05) is 0 Å². The first-order valence-electron chi connectivity index (χ1n) is 5.01. The van der Waals surface area contributed by atoms with Crippen LogP contribution in [0.1, 0.15) is 16.1 Å². The van der Waals surface area contributed by atoms with Crippen molar-refractivity contribution >= 4 is 5.97 Å². The fourth-order valence-corrected chi connectivity index (χ4v) is 1.29. The van der Waals surface area contributed by atoms with E-state index in [9.17, 15) is 4.79 Å². The number of hydrogen-bond acceptors (Lipinski definition) is 4. The standard InChI is InChI=1S/C11H11N3O3/c15-11(16)10-6-14(13-12-10)8-17-7-9-4-2-1-3-5-9/h1-6H,7-8H2,(H,15,16). The number of carboxylic acid groups (broad SMARTS) is 1. The Hall–Kier alpha value is -2.21. The second kappa shape index (κ2) is 5.22. The van der Waals surface area contributed by atoms with Crippen molar-refractivity contribution in [3.63, 3.8) is 0 Å². The van der Waals surface area contributed by atoms with E-state index in [-0.39, 0.29) is 12.4 Å².